The Balaban J connectivity index is 4.32. The second-order valence-electron chi connectivity index (χ2n) is 1.13. The molecule has 0 aromatic heterocycles. The molecular weight excluding hydrogens is 188 g/mol. The normalized spacial score (nSPS) is 18.3. The number of hydrogen-bond donors (Lipinski definition) is 3. The highest BCUT2D eigenvalue weighted by Crippen LogP contribution is 1.92. The van der Waals surface area contributed by atoms with Crippen LogP contribution in [0.2, 0.25) is 0 Å². The SMILES string of the molecule is [NH3+]O[S+]([O])(=O)NS(=O)(=O)O. The first-order valence-corrected chi connectivity index (χ1v) is 4.56. The van der Waals surface area contributed by atoms with Crippen molar-refractivity contribution in [3.63, 3.8) is 0 Å². The van der Waals surface area contributed by atoms with Gasteiger partial charge in [0.15, 0.2) is 0 Å². The monoisotopic (exact) mass is 193 g/mol. The van der Waals surface area contributed by atoms with Gasteiger partial charge in [0.2, 0.25) is 0 Å². The summed E-state index contributed by atoms with van der Waals surface area (Å²) in [5, 5.41) is 0. The summed E-state index contributed by atoms with van der Waals surface area (Å²) < 4.78 is 51.7. The molecule has 8 nitrogen and oxygen atoms in total. The Bertz CT molecular complexity index is 238. The van der Waals surface area contributed by atoms with E-state index in [-0.39, 0.29) is 0 Å². The summed E-state index contributed by atoms with van der Waals surface area (Å²) in [6, 6.07) is 0. The molecule has 0 aliphatic heterocycles. The number of rotatable bonds is 3. The topological polar surface area (TPSA) is 140 Å². The zero-order chi connectivity index (χ0) is 8.41. The van der Waals surface area contributed by atoms with Crippen molar-refractivity contribution in [2.45, 2.75) is 0 Å². The standard InChI is InChI=1S/H4N2O6S2/c1-8-10(6,7)2-9(3,4)5/h1H3,(H-,2,3,4,5,6)/q+1/p+1. The van der Waals surface area contributed by atoms with Crippen LogP contribution in [0, 0.1) is 0 Å². The summed E-state index contributed by atoms with van der Waals surface area (Å²) in [4.78, 5) is 0. The van der Waals surface area contributed by atoms with Crippen molar-refractivity contribution < 1.29 is 31.9 Å². The Morgan fingerprint density at radius 1 is 1.60 bits per heavy atom. The van der Waals surface area contributed by atoms with Gasteiger partial charge in [-0.15, -0.1) is 0 Å². The largest absolute Gasteiger partial charge is 0.543 e. The minimum atomic E-state index is -4.80. The Labute approximate surface area is 57.8 Å². The molecule has 1 atom stereocenters. The quantitative estimate of drug-likeness (QED) is 0.253. The van der Waals surface area contributed by atoms with Crippen LogP contribution >= 0.6 is 0 Å². The van der Waals surface area contributed by atoms with E-state index in [1.54, 1.807) is 0 Å². The van der Waals surface area contributed by atoms with E-state index >= 15 is 0 Å². The molecule has 0 aliphatic carbocycles. The van der Waals surface area contributed by atoms with Crippen LogP contribution in [0.5, 0.6) is 0 Å². The molecule has 0 bridgehead atoms. The average Bonchev–Trinajstić information content (AvgIpc) is 1.60. The Hall–Kier alpha value is -0.100. The minimum Gasteiger partial charge on any atom is -0.270 e. The van der Waals surface area contributed by atoms with E-state index in [9.17, 15) is 17.2 Å². The van der Waals surface area contributed by atoms with Gasteiger partial charge in [-0.25, -0.2) is 0 Å². The molecule has 0 aromatic carbocycles. The molecule has 0 fully saturated rings. The van der Waals surface area contributed by atoms with Crippen LogP contribution in [-0.2, 0) is 34.0 Å². The van der Waals surface area contributed by atoms with Gasteiger partial charge < -0.3 is 0 Å². The number of nitrogens with one attached hydrogen (secondary N) is 1. The van der Waals surface area contributed by atoms with Crippen molar-refractivity contribution in [3.8, 4) is 0 Å². The highest BCUT2D eigenvalue weighted by molar-refractivity contribution is 8.03. The minimum absolute atomic E-state index is 0.760. The maximum absolute atomic E-state index is 10.1. The summed E-state index contributed by atoms with van der Waals surface area (Å²) in [7, 11) is -9.27. The van der Waals surface area contributed by atoms with Gasteiger partial charge >= 0.3 is 21.0 Å². The third-order valence-corrected chi connectivity index (χ3v) is 2.33. The van der Waals surface area contributed by atoms with Crippen LogP contribution in [0.25, 0.3) is 0 Å². The van der Waals surface area contributed by atoms with Gasteiger partial charge in [-0.1, -0.05) is 0 Å². The van der Waals surface area contributed by atoms with Gasteiger partial charge in [-0.3, -0.25) is 4.55 Å². The molecule has 0 aromatic rings. The fraction of sp³-hybridized carbons (Fsp3) is 0. The maximum Gasteiger partial charge on any atom is 0.543 e. The van der Waals surface area contributed by atoms with Crippen LogP contribution in [0.4, 0.5) is 0 Å². The summed E-state index contributed by atoms with van der Waals surface area (Å²) in [6.45, 7) is 0. The van der Waals surface area contributed by atoms with Gasteiger partial charge in [-0.2, -0.15) is 14.3 Å². The van der Waals surface area contributed by atoms with E-state index < -0.39 is 21.0 Å². The van der Waals surface area contributed by atoms with Crippen LogP contribution in [0.15, 0.2) is 0 Å². The molecule has 0 heterocycles. The molecule has 1 radical (unpaired) electrons. The second kappa shape index (κ2) is 2.87. The van der Waals surface area contributed by atoms with Crippen molar-refractivity contribution in [1.29, 1.82) is 0 Å². The lowest BCUT2D eigenvalue weighted by Crippen LogP contribution is -2.56. The van der Waals surface area contributed by atoms with Gasteiger partial charge in [0.05, 0.1) is 8.41 Å². The number of hydrogen-bond acceptors (Lipinski definition) is 4. The summed E-state index contributed by atoms with van der Waals surface area (Å²) in [6.07, 6.45) is 0. The lowest BCUT2D eigenvalue weighted by molar-refractivity contribution is -0.637. The van der Waals surface area contributed by atoms with E-state index in [4.69, 9.17) is 4.55 Å². The Morgan fingerprint density at radius 2 is 2.00 bits per heavy atom. The Kier molecular flexibility index (Phi) is 2.85. The van der Waals surface area contributed by atoms with Gasteiger partial charge in [0.25, 0.3) is 0 Å². The fourth-order valence-corrected chi connectivity index (χ4v) is 1.38. The van der Waals surface area contributed by atoms with Crippen molar-refractivity contribution in [2.75, 3.05) is 0 Å². The molecule has 0 rings (SSSR count). The van der Waals surface area contributed by atoms with Gasteiger partial charge in [0.1, 0.15) is 4.55 Å². The first kappa shape index (κ1) is 9.90. The molecule has 0 spiro atoms. The van der Waals surface area contributed by atoms with Crippen molar-refractivity contribution in [2.24, 2.45) is 0 Å². The molecule has 0 saturated heterocycles. The van der Waals surface area contributed by atoms with Crippen molar-refractivity contribution in [1.82, 2.24) is 4.13 Å². The lowest BCUT2D eigenvalue weighted by Gasteiger charge is -1.90. The molecule has 5 N–H and O–H groups in total. The molecule has 0 saturated carbocycles. The highest BCUT2D eigenvalue weighted by atomic mass is 32.3. The van der Waals surface area contributed by atoms with E-state index in [0.717, 1.165) is 4.13 Å². The average molecular weight is 193 g/mol. The van der Waals surface area contributed by atoms with E-state index in [1.165, 1.54) is 0 Å². The molecule has 10 heteroatoms. The van der Waals surface area contributed by atoms with Gasteiger partial charge in [0, 0.05) is 4.21 Å². The molecule has 61 valence electrons. The summed E-state index contributed by atoms with van der Waals surface area (Å²) >= 11 is 0. The summed E-state index contributed by atoms with van der Waals surface area (Å²) in [5.74, 6) is 2.42. The molecule has 0 amide bonds. The molecule has 10 heavy (non-hydrogen) atoms. The van der Waals surface area contributed by atoms with Crippen molar-refractivity contribution in [3.05, 3.63) is 0 Å². The second-order valence-corrected chi connectivity index (χ2v) is 3.89. The van der Waals surface area contributed by atoms with Crippen LogP contribution in [-0.4, -0.2) is 13.0 Å². The summed E-state index contributed by atoms with van der Waals surface area (Å²) in [5.41, 5.74) is 0. The van der Waals surface area contributed by atoms with Crippen LogP contribution < -0.4 is 10.0 Å². The van der Waals surface area contributed by atoms with E-state index in [1.807, 2.05) is 0 Å². The predicted molar refractivity (Wildman–Crippen MR) is 27.4 cm³/mol. The maximum atomic E-state index is 10.1. The zero-order valence-corrected chi connectivity index (χ0v) is 6.15. The van der Waals surface area contributed by atoms with E-state index in [0.29, 0.717) is 0 Å². The first-order chi connectivity index (χ1) is 4.27. The Morgan fingerprint density at radius 3 is 2.10 bits per heavy atom. The third-order valence-electron chi connectivity index (χ3n) is 0.363. The number of quaternary nitrogens is 1. The fourth-order valence-electron chi connectivity index (χ4n) is 0.153. The van der Waals surface area contributed by atoms with Crippen molar-refractivity contribution >= 4 is 21.0 Å². The smallest absolute Gasteiger partial charge is 0.270 e. The van der Waals surface area contributed by atoms with Crippen LogP contribution in [0.3, 0.4) is 0 Å². The van der Waals surface area contributed by atoms with E-state index in [2.05, 4.69) is 10.2 Å². The lowest BCUT2D eigenvalue weighted by atomic mass is 13.6. The first-order valence-electron chi connectivity index (χ1n) is 1.71. The molecular formula is H5N2O6S2+2. The van der Waals surface area contributed by atoms with Gasteiger partial charge in [-0.05, 0) is 0 Å². The van der Waals surface area contributed by atoms with Crippen LogP contribution in [0.1, 0.15) is 0 Å². The molecule has 0 aliphatic rings. The predicted octanol–water partition coefficient (Wildman–Crippen LogP) is -2.77. The molecule has 1 unspecified atom stereocenters. The zero-order valence-electron chi connectivity index (χ0n) is 4.51. The highest BCUT2D eigenvalue weighted by Gasteiger charge is 2.38. The third kappa shape index (κ3) is 4.75.